The lowest BCUT2D eigenvalue weighted by atomic mass is 10.2. The molecule has 0 radical (unpaired) electrons. The number of hydrogen-bond donors (Lipinski definition) is 1. The van der Waals surface area contributed by atoms with Gasteiger partial charge in [-0.2, -0.15) is 0 Å². The molecule has 1 fully saturated rings. The number of ether oxygens (including phenoxy) is 2. The molecule has 1 aliphatic rings. The van der Waals surface area contributed by atoms with Crippen molar-refractivity contribution in [2.75, 3.05) is 7.11 Å². The van der Waals surface area contributed by atoms with E-state index in [1.54, 1.807) is 6.92 Å². The predicted octanol–water partition coefficient (Wildman–Crippen LogP) is -0.438. The molecule has 2 heterocycles. The standard InChI is InChI=1S/C9H12N4O4/c1-5-6(10-9(15)17-5)3-13-4-7(11-12-13)8(14)16-2/h4-6H,3H2,1-2H3,(H,10,15)/t5-,6-/m1/s1. The summed E-state index contributed by atoms with van der Waals surface area (Å²) >= 11 is 0. The molecule has 2 rings (SSSR count). The van der Waals surface area contributed by atoms with Crippen molar-refractivity contribution in [3.05, 3.63) is 11.9 Å². The molecule has 1 aliphatic heterocycles. The molecule has 0 aromatic carbocycles. The van der Waals surface area contributed by atoms with Crippen LogP contribution in [0.15, 0.2) is 6.20 Å². The van der Waals surface area contributed by atoms with E-state index in [-0.39, 0.29) is 17.8 Å². The van der Waals surface area contributed by atoms with E-state index >= 15 is 0 Å². The Bertz CT molecular complexity index is 444. The fourth-order valence-corrected chi connectivity index (χ4v) is 1.54. The Hall–Kier alpha value is -2.12. The fourth-order valence-electron chi connectivity index (χ4n) is 1.54. The van der Waals surface area contributed by atoms with Gasteiger partial charge in [-0.25, -0.2) is 14.3 Å². The summed E-state index contributed by atoms with van der Waals surface area (Å²) in [6, 6.07) is -0.185. The molecule has 1 N–H and O–H groups in total. The topological polar surface area (TPSA) is 95.3 Å². The Labute approximate surface area is 96.9 Å². The zero-order valence-electron chi connectivity index (χ0n) is 9.41. The van der Waals surface area contributed by atoms with Gasteiger partial charge in [0.1, 0.15) is 6.10 Å². The van der Waals surface area contributed by atoms with Crippen molar-refractivity contribution in [3.8, 4) is 0 Å². The highest BCUT2D eigenvalue weighted by Gasteiger charge is 2.31. The van der Waals surface area contributed by atoms with E-state index in [2.05, 4.69) is 20.4 Å². The fraction of sp³-hybridized carbons (Fsp3) is 0.556. The molecule has 1 aromatic rings. The summed E-state index contributed by atoms with van der Waals surface area (Å²) in [7, 11) is 1.27. The minimum atomic E-state index is -0.545. The lowest BCUT2D eigenvalue weighted by molar-refractivity contribution is 0.0594. The van der Waals surface area contributed by atoms with Crippen molar-refractivity contribution in [2.45, 2.75) is 25.6 Å². The normalized spacial score (nSPS) is 23.1. The third kappa shape index (κ3) is 2.35. The lowest BCUT2D eigenvalue weighted by Crippen LogP contribution is -2.34. The average molecular weight is 240 g/mol. The molecule has 1 saturated heterocycles. The van der Waals surface area contributed by atoms with Gasteiger partial charge in [0.25, 0.3) is 0 Å². The van der Waals surface area contributed by atoms with E-state index in [1.165, 1.54) is 18.0 Å². The summed E-state index contributed by atoms with van der Waals surface area (Å²) in [6.45, 7) is 2.16. The SMILES string of the molecule is COC(=O)c1cn(C[C@H]2NC(=O)O[C@@H]2C)nn1. The van der Waals surface area contributed by atoms with Crippen LogP contribution in [0, 0.1) is 0 Å². The third-order valence-electron chi connectivity index (χ3n) is 2.48. The van der Waals surface area contributed by atoms with Crippen LogP contribution in [0.1, 0.15) is 17.4 Å². The molecule has 0 spiro atoms. The van der Waals surface area contributed by atoms with Crippen LogP contribution in [-0.2, 0) is 16.0 Å². The largest absolute Gasteiger partial charge is 0.464 e. The van der Waals surface area contributed by atoms with Gasteiger partial charge in [-0.1, -0.05) is 5.21 Å². The molecule has 0 saturated carbocycles. The van der Waals surface area contributed by atoms with Crippen LogP contribution in [0.5, 0.6) is 0 Å². The van der Waals surface area contributed by atoms with Crippen molar-refractivity contribution in [3.63, 3.8) is 0 Å². The number of carbonyl (C=O) groups is 2. The zero-order valence-corrected chi connectivity index (χ0v) is 9.41. The number of carbonyl (C=O) groups excluding carboxylic acids is 2. The van der Waals surface area contributed by atoms with Crippen molar-refractivity contribution in [2.24, 2.45) is 0 Å². The molecule has 2 atom stereocenters. The number of nitrogens with zero attached hydrogens (tertiary/aromatic N) is 3. The summed E-state index contributed by atoms with van der Waals surface area (Å²) in [4.78, 5) is 22.1. The number of alkyl carbamates (subject to hydrolysis) is 1. The van der Waals surface area contributed by atoms with Crippen molar-refractivity contribution < 1.29 is 19.1 Å². The number of amides is 1. The van der Waals surface area contributed by atoms with Crippen molar-refractivity contribution in [1.82, 2.24) is 20.3 Å². The van der Waals surface area contributed by atoms with Crippen LogP contribution < -0.4 is 5.32 Å². The van der Waals surface area contributed by atoms with E-state index in [4.69, 9.17) is 4.74 Å². The first-order valence-electron chi connectivity index (χ1n) is 5.05. The minimum Gasteiger partial charge on any atom is -0.464 e. The molecule has 8 nitrogen and oxygen atoms in total. The van der Waals surface area contributed by atoms with Gasteiger partial charge in [0.05, 0.1) is 25.9 Å². The van der Waals surface area contributed by atoms with Gasteiger partial charge in [-0.15, -0.1) is 5.10 Å². The van der Waals surface area contributed by atoms with Gasteiger partial charge in [0.15, 0.2) is 5.69 Å². The van der Waals surface area contributed by atoms with E-state index in [9.17, 15) is 9.59 Å². The van der Waals surface area contributed by atoms with Crippen LogP contribution in [0.4, 0.5) is 4.79 Å². The Balaban J connectivity index is 2.02. The summed E-state index contributed by atoms with van der Waals surface area (Å²) in [5.74, 6) is -0.545. The molecular weight excluding hydrogens is 228 g/mol. The molecule has 92 valence electrons. The number of esters is 1. The van der Waals surface area contributed by atoms with Crippen LogP contribution in [-0.4, -0.2) is 46.3 Å². The number of aromatic nitrogens is 3. The molecular formula is C9H12N4O4. The number of nitrogens with one attached hydrogen (secondary N) is 1. The molecule has 17 heavy (non-hydrogen) atoms. The van der Waals surface area contributed by atoms with Crippen molar-refractivity contribution >= 4 is 12.1 Å². The Kier molecular flexibility index (Phi) is 2.94. The maximum absolute atomic E-state index is 11.1. The second kappa shape index (κ2) is 4.40. The smallest absolute Gasteiger partial charge is 0.407 e. The highest BCUT2D eigenvalue weighted by atomic mass is 16.6. The molecule has 0 aliphatic carbocycles. The Morgan fingerprint density at radius 2 is 2.47 bits per heavy atom. The van der Waals surface area contributed by atoms with E-state index < -0.39 is 12.1 Å². The molecule has 1 amide bonds. The Morgan fingerprint density at radius 1 is 1.71 bits per heavy atom. The quantitative estimate of drug-likeness (QED) is 0.720. The van der Waals surface area contributed by atoms with E-state index in [0.29, 0.717) is 6.54 Å². The monoisotopic (exact) mass is 240 g/mol. The molecule has 8 heteroatoms. The lowest BCUT2D eigenvalue weighted by Gasteiger charge is -2.11. The summed E-state index contributed by atoms with van der Waals surface area (Å²) in [5, 5.41) is 10.1. The van der Waals surface area contributed by atoms with Crippen LogP contribution >= 0.6 is 0 Å². The van der Waals surface area contributed by atoms with Crippen molar-refractivity contribution in [1.29, 1.82) is 0 Å². The van der Waals surface area contributed by atoms with Gasteiger partial charge in [-0.3, -0.25) is 0 Å². The first kappa shape index (κ1) is 11.4. The van der Waals surface area contributed by atoms with Gasteiger partial charge in [0.2, 0.25) is 0 Å². The average Bonchev–Trinajstić information content (AvgIpc) is 2.86. The van der Waals surface area contributed by atoms with Crippen LogP contribution in [0.25, 0.3) is 0 Å². The second-order valence-corrected chi connectivity index (χ2v) is 3.68. The van der Waals surface area contributed by atoms with E-state index in [1.807, 2.05) is 0 Å². The second-order valence-electron chi connectivity index (χ2n) is 3.68. The van der Waals surface area contributed by atoms with Crippen LogP contribution in [0.3, 0.4) is 0 Å². The van der Waals surface area contributed by atoms with Gasteiger partial charge in [0, 0.05) is 0 Å². The molecule has 0 bridgehead atoms. The van der Waals surface area contributed by atoms with Gasteiger partial charge < -0.3 is 14.8 Å². The first-order valence-corrected chi connectivity index (χ1v) is 5.05. The zero-order chi connectivity index (χ0) is 12.4. The minimum absolute atomic E-state index is 0.130. The maximum atomic E-state index is 11.1. The van der Waals surface area contributed by atoms with Crippen LogP contribution in [0.2, 0.25) is 0 Å². The highest BCUT2D eigenvalue weighted by Crippen LogP contribution is 2.09. The first-order chi connectivity index (χ1) is 8.10. The van der Waals surface area contributed by atoms with Gasteiger partial charge >= 0.3 is 12.1 Å². The maximum Gasteiger partial charge on any atom is 0.407 e. The number of hydrogen-bond acceptors (Lipinski definition) is 6. The predicted molar refractivity (Wildman–Crippen MR) is 54.2 cm³/mol. The number of methoxy groups -OCH3 is 1. The molecule has 1 aromatic heterocycles. The summed E-state index contributed by atoms with van der Waals surface area (Å²) < 4.78 is 10.9. The number of rotatable bonds is 3. The summed E-state index contributed by atoms with van der Waals surface area (Å²) in [5.41, 5.74) is 0.130. The summed E-state index contributed by atoms with van der Waals surface area (Å²) in [6.07, 6.45) is 0.771. The third-order valence-corrected chi connectivity index (χ3v) is 2.48. The Morgan fingerprint density at radius 3 is 3.06 bits per heavy atom. The molecule has 0 unspecified atom stereocenters. The van der Waals surface area contributed by atoms with E-state index in [0.717, 1.165) is 0 Å². The highest BCUT2D eigenvalue weighted by molar-refractivity contribution is 5.86. The van der Waals surface area contributed by atoms with Gasteiger partial charge in [-0.05, 0) is 6.92 Å². The number of cyclic esters (lactones) is 1.